The van der Waals surface area contributed by atoms with Crippen LogP contribution in [0.1, 0.15) is 27.0 Å². The van der Waals surface area contributed by atoms with Gasteiger partial charge in [-0.2, -0.15) is 0 Å². The van der Waals surface area contributed by atoms with Gasteiger partial charge >= 0.3 is 0 Å². The quantitative estimate of drug-likeness (QED) is 0.527. The lowest BCUT2D eigenvalue weighted by Gasteiger charge is -2.10. The van der Waals surface area contributed by atoms with E-state index in [-0.39, 0.29) is 23.5 Å². The van der Waals surface area contributed by atoms with E-state index in [1.807, 2.05) is 0 Å². The number of aliphatic hydroxyl groups is 2. The van der Waals surface area contributed by atoms with Gasteiger partial charge in [0.2, 0.25) is 0 Å². The fourth-order valence-corrected chi connectivity index (χ4v) is 2.41. The van der Waals surface area contributed by atoms with E-state index in [1.54, 1.807) is 31.4 Å². The van der Waals surface area contributed by atoms with E-state index in [4.69, 9.17) is 9.47 Å². The largest absolute Gasteiger partial charge is 0.507 e. The number of benzene rings is 2. The highest BCUT2D eigenvalue weighted by Gasteiger charge is 2.15. The third-order valence-corrected chi connectivity index (χ3v) is 3.83. The molecule has 2 rings (SSSR count). The Morgan fingerprint density at radius 1 is 1.08 bits per heavy atom. The molecule has 0 atom stereocenters. The minimum atomic E-state index is -0.473. The van der Waals surface area contributed by atoms with Gasteiger partial charge in [0.15, 0.2) is 5.78 Å². The Labute approximate surface area is 145 Å². The van der Waals surface area contributed by atoms with Crippen molar-refractivity contribution in [1.29, 1.82) is 0 Å². The summed E-state index contributed by atoms with van der Waals surface area (Å²) >= 11 is 0. The summed E-state index contributed by atoms with van der Waals surface area (Å²) in [5, 5.41) is 28.7. The monoisotopic (exact) mass is 344 g/mol. The van der Waals surface area contributed by atoms with Gasteiger partial charge in [0.05, 0.1) is 33.0 Å². The first kappa shape index (κ1) is 18.5. The molecule has 0 fully saturated rings. The van der Waals surface area contributed by atoms with Crippen molar-refractivity contribution in [2.45, 2.75) is 13.2 Å². The zero-order valence-electron chi connectivity index (χ0n) is 14.0. The van der Waals surface area contributed by atoms with Crippen molar-refractivity contribution in [2.75, 3.05) is 14.2 Å². The average Bonchev–Trinajstić information content (AvgIpc) is 2.65. The predicted molar refractivity (Wildman–Crippen MR) is 92.9 cm³/mol. The first-order valence-electron chi connectivity index (χ1n) is 7.55. The van der Waals surface area contributed by atoms with Gasteiger partial charge < -0.3 is 24.8 Å². The Morgan fingerprint density at radius 3 is 2.44 bits per heavy atom. The Kier molecular flexibility index (Phi) is 6.16. The van der Waals surface area contributed by atoms with Gasteiger partial charge in [0, 0.05) is 17.2 Å². The maximum atomic E-state index is 12.4. The molecule has 0 saturated heterocycles. The Balaban J connectivity index is 2.32. The first-order chi connectivity index (χ1) is 12.0. The van der Waals surface area contributed by atoms with Crippen molar-refractivity contribution in [3.05, 3.63) is 58.7 Å². The number of aromatic hydroxyl groups is 1. The smallest absolute Gasteiger partial charge is 0.189 e. The second-order valence-electron chi connectivity index (χ2n) is 5.22. The van der Waals surface area contributed by atoms with Gasteiger partial charge in [0.25, 0.3) is 0 Å². The van der Waals surface area contributed by atoms with Crippen molar-refractivity contribution in [3.63, 3.8) is 0 Å². The van der Waals surface area contributed by atoms with Gasteiger partial charge in [-0.25, -0.2) is 0 Å². The number of aliphatic hydroxyl groups excluding tert-OH is 2. The molecule has 0 aliphatic carbocycles. The zero-order chi connectivity index (χ0) is 18.4. The summed E-state index contributed by atoms with van der Waals surface area (Å²) in [6.45, 7) is -0.810. The average molecular weight is 344 g/mol. The van der Waals surface area contributed by atoms with Crippen LogP contribution in [0.15, 0.2) is 36.4 Å². The molecule has 2 aromatic rings. The maximum absolute atomic E-state index is 12.4. The SMILES string of the molecule is COc1ccc(/C=C/C(=O)c2ccc(CO)c(CO)c2O)c(OC)c1. The van der Waals surface area contributed by atoms with Crippen LogP contribution < -0.4 is 9.47 Å². The maximum Gasteiger partial charge on any atom is 0.189 e. The fourth-order valence-electron chi connectivity index (χ4n) is 2.41. The van der Waals surface area contributed by atoms with Crippen LogP contribution in [0, 0.1) is 0 Å². The number of methoxy groups -OCH3 is 2. The van der Waals surface area contributed by atoms with Gasteiger partial charge in [-0.15, -0.1) is 0 Å². The number of carbonyl (C=O) groups excluding carboxylic acids is 1. The molecular weight excluding hydrogens is 324 g/mol. The third-order valence-electron chi connectivity index (χ3n) is 3.83. The highest BCUT2D eigenvalue weighted by molar-refractivity contribution is 6.09. The molecule has 0 saturated carbocycles. The number of hydrogen-bond acceptors (Lipinski definition) is 6. The van der Waals surface area contributed by atoms with Gasteiger partial charge in [-0.3, -0.25) is 4.79 Å². The summed E-state index contributed by atoms with van der Waals surface area (Å²) in [7, 11) is 3.06. The zero-order valence-corrected chi connectivity index (χ0v) is 14.0. The van der Waals surface area contributed by atoms with Crippen molar-refractivity contribution < 1.29 is 29.6 Å². The molecule has 0 bridgehead atoms. The van der Waals surface area contributed by atoms with Crippen LogP contribution in [-0.4, -0.2) is 35.3 Å². The van der Waals surface area contributed by atoms with Gasteiger partial charge in [-0.05, 0) is 35.9 Å². The molecule has 0 radical (unpaired) electrons. The van der Waals surface area contributed by atoms with E-state index in [0.717, 1.165) is 0 Å². The molecule has 3 N–H and O–H groups in total. The lowest BCUT2D eigenvalue weighted by atomic mass is 10.00. The van der Waals surface area contributed by atoms with Crippen LogP contribution in [0.2, 0.25) is 0 Å². The van der Waals surface area contributed by atoms with Crippen LogP contribution in [-0.2, 0) is 13.2 Å². The molecule has 25 heavy (non-hydrogen) atoms. The second kappa shape index (κ2) is 8.32. The van der Waals surface area contributed by atoms with E-state index in [2.05, 4.69) is 0 Å². The Bertz CT molecular complexity index is 795. The molecule has 0 spiro atoms. The molecule has 0 amide bonds. The summed E-state index contributed by atoms with van der Waals surface area (Å²) in [6, 6.07) is 8.10. The normalized spacial score (nSPS) is 10.9. The lowest BCUT2D eigenvalue weighted by molar-refractivity contribution is 0.104. The van der Waals surface area contributed by atoms with Crippen molar-refractivity contribution in [1.82, 2.24) is 0 Å². The van der Waals surface area contributed by atoms with Crippen molar-refractivity contribution in [3.8, 4) is 17.2 Å². The minimum Gasteiger partial charge on any atom is -0.507 e. The van der Waals surface area contributed by atoms with Crippen LogP contribution in [0.3, 0.4) is 0 Å². The van der Waals surface area contributed by atoms with E-state index < -0.39 is 12.4 Å². The van der Waals surface area contributed by atoms with Crippen LogP contribution in [0.25, 0.3) is 6.08 Å². The Hall–Kier alpha value is -2.83. The topological polar surface area (TPSA) is 96.2 Å². The highest BCUT2D eigenvalue weighted by atomic mass is 16.5. The molecule has 0 aromatic heterocycles. The van der Waals surface area contributed by atoms with Crippen molar-refractivity contribution >= 4 is 11.9 Å². The summed E-state index contributed by atoms with van der Waals surface area (Å²) in [5.74, 6) is 0.407. The van der Waals surface area contributed by atoms with E-state index in [1.165, 1.54) is 25.3 Å². The molecule has 132 valence electrons. The lowest BCUT2D eigenvalue weighted by Crippen LogP contribution is -2.02. The van der Waals surface area contributed by atoms with Crippen LogP contribution in [0.4, 0.5) is 0 Å². The van der Waals surface area contributed by atoms with Crippen LogP contribution in [0.5, 0.6) is 17.2 Å². The number of hydrogen-bond donors (Lipinski definition) is 3. The molecule has 0 aliphatic heterocycles. The van der Waals surface area contributed by atoms with Gasteiger partial charge in [0.1, 0.15) is 17.2 Å². The summed E-state index contributed by atoms with van der Waals surface area (Å²) in [4.78, 5) is 12.4. The summed E-state index contributed by atoms with van der Waals surface area (Å²) < 4.78 is 10.4. The predicted octanol–water partition coefficient (Wildman–Crippen LogP) is 2.29. The highest BCUT2D eigenvalue weighted by Crippen LogP contribution is 2.29. The van der Waals surface area contributed by atoms with E-state index in [0.29, 0.717) is 22.6 Å². The van der Waals surface area contributed by atoms with Crippen LogP contribution >= 0.6 is 0 Å². The number of carbonyl (C=O) groups is 1. The molecule has 6 heteroatoms. The third kappa shape index (κ3) is 3.99. The standard InChI is InChI=1S/C19H20O6/c1-24-14-6-3-12(18(9-14)25-2)5-8-17(22)15-7-4-13(10-20)16(11-21)19(15)23/h3-9,20-21,23H,10-11H2,1-2H3/b8-5+. The number of phenols is 1. The number of allylic oxidation sites excluding steroid dienone is 1. The van der Waals surface area contributed by atoms with Gasteiger partial charge in [-0.1, -0.05) is 6.07 Å². The summed E-state index contributed by atoms with van der Waals surface area (Å²) in [5.41, 5.74) is 1.23. The fraction of sp³-hybridized carbons (Fsp3) is 0.211. The molecule has 0 aliphatic rings. The van der Waals surface area contributed by atoms with E-state index in [9.17, 15) is 20.1 Å². The molecular formula is C19H20O6. The second-order valence-corrected chi connectivity index (χ2v) is 5.22. The minimum absolute atomic E-state index is 0.0463. The molecule has 2 aromatic carbocycles. The molecule has 0 unspecified atom stereocenters. The summed E-state index contributed by atoms with van der Waals surface area (Å²) in [6.07, 6.45) is 2.87. The number of ether oxygens (including phenoxy) is 2. The molecule has 6 nitrogen and oxygen atoms in total. The number of rotatable bonds is 7. The first-order valence-corrected chi connectivity index (χ1v) is 7.55. The number of ketones is 1. The molecule has 0 heterocycles. The van der Waals surface area contributed by atoms with E-state index >= 15 is 0 Å². The Morgan fingerprint density at radius 2 is 1.84 bits per heavy atom. The van der Waals surface area contributed by atoms with Crippen molar-refractivity contribution in [2.24, 2.45) is 0 Å².